The van der Waals surface area contributed by atoms with Gasteiger partial charge >= 0.3 is 0 Å². The second-order valence-electron chi connectivity index (χ2n) is 8.47. The van der Waals surface area contributed by atoms with Crippen LogP contribution in [0.3, 0.4) is 0 Å². The molecule has 1 aliphatic heterocycles. The second-order valence-corrected chi connectivity index (χ2v) is 8.47. The molecule has 2 aromatic rings. The molecule has 0 saturated heterocycles. The highest BCUT2D eigenvalue weighted by Crippen LogP contribution is 2.48. The number of hydrogen-bond acceptors (Lipinski definition) is 1. The monoisotopic (exact) mass is 345 g/mol. The Morgan fingerprint density at radius 3 is 2.19 bits per heavy atom. The Morgan fingerprint density at radius 2 is 1.54 bits per heavy atom. The Bertz CT molecular complexity index is 819. The summed E-state index contributed by atoms with van der Waals surface area (Å²) in [7, 11) is 0. The van der Waals surface area contributed by atoms with E-state index in [1.807, 2.05) is 0 Å². The summed E-state index contributed by atoms with van der Waals surface area (Å²) in [4.78, 5) is 2.74. The molecule has 0 radical (unpaired) electrons. The van der Waals surface area contributed by atoms with E-state index < -0.39 is 0 Å². The lowest BCUT2D eigenvalue weighted by molar-refractivity contribution is 0.339. The lowest BCUT2D eigenvalue weighted by atomic mass is 9.80. The first-order valence-electron chi connectivity index (χ1n) is 10.2. The molecule has 1 spiro atoms. The van der Waals surface area contributed by atoms with Crippen LogP contribution in [-0.4, -0.2) is 11.6 Å². The topological polar surface area (TPSA) is 3.24 Å². The van der Waals surface area contributed by atoms with Crippen molar-refractivity contribution in [2.75, 3.05) is 4.90 Å². The van der Waals surface area contributed by atoms with E-state index >= 15 is 0 Å². The molecule has 1 saturated carbocycles. The van der Waals surface area contributed by atoms with Crippen molar-refractivity contribution in [1.29, 1.82) is 0 Å². The van der Waals surface area contributed by atoms with E-state index in [1.165, 1.54) is 65.6 Å². The zero-order valence-corrected chi connectivity index (χ0v) is 16.7. The normalized spacial score (nSPS) is 21.9. The first-order valence-corrected chi connectivity index (χ1v) is 10.2. The van der Waals surface area contributed by atoms with Crippen LogP contribution in [0.4, 0.5) is 5.69 Å². The predicted molar refractivity (Wildman–Crippen MR) is 113 cm³/mol. The predicted octanol–water partition coefficient (Wildman–Crippen LogP) is 6.61. The maximum absolute atomic E-state index is 2.74. The van der Waals surface area contributed by atoms with Crippen LogP contribution in [0.25, 0.3) is 5.57 Å². The summed E-state index contributed by atoms with van der Waals surface area (Å²) in [6.07, 6.45) is 9.25. The van der Waals surface area contributed by atoms with Gasteiger partial charge in [0.1, 0.15) is 0 Å². The van der Waals surface area contributed by atoms with Gasteiger partial charge in [0.2, 0.25) is 0 Å². The van der Waals surface area contributed by atoms with Crippen molar-refractivity contribution >= 4 is 11.3 Å². The largest absolute Gasteiger partial charge is 0.355 e. The molecule has 1 fully saturated rings. The van der Waals surface area contributed by atoms with Gasteiger partial charge < -0.3 is 4.90 Å². The number of aryl methyl sites for hydroxylation is 3. The highest BCUT2D eigenvalue weighted by atomic mass is 15.2. The number of benzene rings is 2. The van der Waals surface area contributed by atoms with E-state index in [4.69, 9.17) is 0 Å². The molecule has 0 N–H and O–H groups in total. The summed E-state index contributed by atoms with van der Waals surface area (Å²) in [6, 6.07) is 16.4. The van der Waals surface area contributed by atoms with Gasteiger partial charge in [-0.05, 0) is 63.3 Å². The lowest BCUT2D eigenvalue weighted by Crippen LogP contribution is -2.49. The quantitative estimate of drug-likeness (QED) is 0.592. The van der Waals surface area contributed by atoms with Crippen molar-refractivity contribution in [3.8, 4) is 0 Å². The maximum Gasteiger partial charge on any atom is 0.0597 e. The average molecular weight is 346 g/mol. The fraction of sp³-hybridized carbons (Fsp3) is 0.440. The molecule has 4 rings (SSSR count). The van der Waals surface area contributed by atoms with E-state index in [9.17, 15) is 0 Å². The van der Waals surface area contributed by atoms with Crippen molar-refractivity contribution in [3.63, 3.8) is 0 Å². The third-order valence-electron chi connectivity index (χ3n) is 6.39. The van der Waals surface area contributed by atoms with Gasteiger partial charge in [-0.25, -0.2) is 0 Å². The number of anilines is 1. The molecular weight excluding hydrogens is 314 g/mol. The maximum atomic E-state index is 2.74. The van der Waals surface area contributed by atoms with Crippen molar-refractivity contribution in [3.05, 3.63) is 70.8 Å². The summed E-state index contributed by atoms with van der Waals surface area (Å²) in [6.45, 7) is 9.09. The number of rotatable bonds is 2. The molecule has 1 heterocycles. The average Bonchev–Trinajstić information content (AvgIpc) is 2.87. The minimum absolute atomic E-state index is 0.191. The van der Waals surface area contributed by atoms with Gasteiger partial charge in [0.05, 0.1) is 11.6 Å². The lowest BCUT2D eigenvalue weighted by Gasteiger charge is -2.45. The number of nitrogens with zero attached hydrogens (tertiary/aromatic N) is 1. The molecular formula is C25H31N. The van der Waals surface area contributed by atoms with Crippen LogP contribution in [0.5, 0.6) is 0 Å². The van der Waals surface area contributed by atoms with Crippen LogP contribution in [0, 0.1) is 20.8 Å². The smallest absolute Gasteiger partial charge is 0.0597 e. The highest BCUT2D eigenvalue weighted by molar-refractivity contribution is 5.81. The Hall–Kier alpha value is -2.02. The van der Waals surface area contributed by atoms with Gasteiger partial charge in [-0.2, -0.15) is 0 Å². The summed E-state index contributed by atoms with van der Waals surface area (Å²) in [5.41, 5.74) is 8.65. The minimum atomic E-state index is 0.191. The van der Waals surface area contributed by atoms with E-state index in [2.05, 4.69) is 81.1 Å². The molecule has 1 nitrogen and oxygen atoms in total. The summed E-state index contributed by atoms with van der Waals surface area (Å²) in [5, 5.41) is 0. The highest BCUT2D eigenvalue weighted by Gasteiger charge is 2.45. The summed E-state index contributed by atoms with van der Waals surface area (Å²) < 4.78 is 0. The summed E-state index contributed by atoms with van der Waals surface area (Å²) >= 11 is 0. The Balaban J connectivity index is 1.84. The Labute approximate surface area is 158 Å². The van der Waals surface area contributed by atoms with Crippen LogP contribution < -0.4 is 4.90 Å². The first-order chi connectivity index (χ1) is 12.5. The van der Waals surface area contributed by atoms with Gasteiger partial charge in [0, 0.05) is 5.69 Å². The van der Waals surface area contributed by atoms with Gasteiger partial charge in [-0.1, -0.05) is 72.9 Å². The van der Waals surface area contributed by atoms with Crippen molar-refractivity contribution < 1.29 is 0 Å². The number of para-hydroxylation sites is 1. The van der Waals surface area contributed by atoms with E-state index in [0.717, 1.165) is 0 Å². The van der Waals surface area contributed by atoms with Crippen molar-refractivity contribution in [2.45, 2.75) is 71.4 Å². The van der Waals surface area contributed by atoms with Gasteiger partial charge in [-0.15, -0.1) is 0 Å². The fourth-order valence-electron chi connectivity index (χ4n) is 5.30. The zero-order chi connectivity index (χ0) is 18.3. The number of hydrogen-bond donors (Lipinski definition) is 0. The third kappa shape index (κ3) is 2.88. The van der Waals surface area contributed by atoms with Crippen LogP contribution in [0.15, 0.2) is 48.5 Å². The van der Waals surface area contributed by atoms with Crippen LogP contribution in [0.2, 0.25) is 0 Å². The van der Waals surface area contributed by atoms with Crippen molar-refractivity contribution in [1.82, 2.24) is 0 Å². The molecule has 136 valence electrons. The molecule has 1 heteroatoms. The Morgan fingerprint density at radius 1 is 0.885 bits per heavy atom. The van der Waals surface area contributed by atoms with Gasteiger partial charge in [0.25, 0.3) is 0 Å². The zero-order valence-electron chi connectivity index (χ0n) is 16.7. The molecule has 2 aromatic carbocycles. The molecule has 0 amide bonds. The minimum Gasteiger partial charge on any atom is -0.355 e. The molecule has 0 bridgehead atoms. The molecule has 0 aromatic heterocycles. The standard InChI is InChI=1S/C25H31N/c1-18-14-19(2)16-22(15-18)23-17-25(12-8-5-9-13-25)26(21(23)4)24-11-7-6-10-20(24)3/h6-7,10-11,14-17,21H,5,8-9,12-13H2,1-4H3/t21-/m0/s1. The van der Waals surface area contributed by atoms with E-state index in [-0.39, 0.29) is 5.54 Å². The SMILES string of the molecule is Cc1cc(C)cc(C2=CC3(CCCCC3)N(c3ccccc3C)[C@H]2C)c1. The first kappa shape index (κ1) is 17.4. The third-order valence-corrected chi connectivity index (χ3v) is 6.39. The van der Waals surface area contributed by atoms with Gasteiger partial charge in [0.15, 0.2) is 0 Å². The molecule has 0 unspecified atom stereocenters. The molecule has 1 aliphatic carbocycles. The van der Waals surface area contributed by atoms with E-state index in [1.54, 1.807) is 0 Å². The molecule has 1 atom stereocenters. The summed E-state index contributed by atoms with van der Waals surface area (Å²) in [5.74, 6) is 0. The van der Waals surface area contributed by atoms with Crippen LogP contribution in [-0.2, 0) is 0 Å². The fourth-order valence-corrected chi connectivity index (χ4v) is 5.30. The second kappa shape index (κ2) is 6.61. The van der Waals surface area contributed by atoms with Gasteiger partial charge in [-0.3, -0.25) is 0 Å². The van der Waals surface area contributed by atoms with Crippen LogP contribution >= 0.6 is 0 Å². The molecule has 26 heavy (non-hydrogen) atoms. The van der Waals surface area contributed by atoms with Crippen molar-refractivity contribution in [2.24, 2.45) is 0 Å². The van der Waals surface area contributed by atoms with E-state index in [0.29, 0.717) is 6.04 Å². The van der Waals surface area contributed by atoms with Crippen LogP contribution in [0.1, 0.15) is 61.3 Å². The molecule has 2 aliphatic rings. The Kier molecular flexibility index (Phi) is 4.42.